The molecule has 0 saturated carbocycles. The molecule has 0 bridgehead atoms. The van der Waals surface area contributed by atoms with E-state index in [1.165, 1.54) is 4.68 Å². The summed E-state index contributed by atoms with van der Waals surface area (Å²) in [5.74, 6) is -0.972. The normalized spacial score (nSPS) is 12.9. The van der Waals surface area contributed by atoms with Crippen LogP contribution in [0.5, 0.6) is 0 Å². The Morgan fingerprint density at radius 1 is 1.28 bits per heavy atom. The maximum Gasteiger partial charge on any atom is 0.248 e. The van der Waals surface area contributed by atoms with Crippen molar-refractivity contribution in [3.63, 3.8) is 0 Å². The van der Waals surface area contributed by atoms with E-state index in [0.717, 1.165) is 5.56 Å². The number of nitrogens with two attached hydrogens (primary N) is 1. The molecular weight excluding hydrogens is 236 g/mol. The lowest BCUT2D eigenvalue weighted by atomic mass is 10.0. The fourth-order valence-electron chi connectivity index (χ4n) is 1.93. The van der Waals surface area contributed by atoms with Crippen molar-refractivity contribution in [1.29, 1.82) is 0 Å². The van der Waals surface area contributed by atoms with Crippen LogP contribution < -0.4 is 5.73 Å². The van der Waals surface area contributed by atoms with Gasteiger partial charge in [-0.2, -0.15) is 5.10 Å². The standard InChI is InChI=1S/C13H15F2N3/c1-18-12(10(8-16)13(14)15)7-11(17-18)9-5-3-2-4-6-9/h2-7,10,13H,8,16H2,1H3. The lowest BCUT2D eigenvalue weighted by Gasteiger charge is -2.13. The van der Waals surface area contributed by atoms with E-state index in [4.69, 9.17) is 5.73 Å². The van der Waals surface area contributed by atoms with Gasteiger partial charge in [0.05, 0.1) is 11.6 Å². The minimum Gasteiger partial charge on any atom is -0.330 e. The molecule has 0 aliphatic rings. The molecule has 1 aromatic carbocycles. The van der Waals surface area contributed by atoms with Crippen molar-refractivity contribution in [3.8, 4) is 11.3 Å². The third-order valence-electron chi connectivity index (χ3n) is 2.92. The summed E-state index contributed by atoms with van der Waals surface area (Å²) in [7, 11) is 1.66. The lowest BCUT2D eigenvalue weighted by molar-refractivity contribution is 0.113. The Hall–Kier alpha value is -1.75. The Morgan fingerprint density at radius 3 is 2.50 bits per heavy atom. The maximum absolute atomic E-state index is 12.9. The van der Waals surface area contributed by atoms with E-state index in [9.17, 15) is 8.78 Å². The zero-order valence-corrected chi connectivity index (χ0v) is 10.1. The molecule has 2 aromatic rings. The molecule has 96 valence electrons. The molecular formula is C13H15F2N3. The number of aryl methyl sites for hydroxylation is 1. The zero-order chi connectivity index (χ0) is 13.1. The first kappa shape index (κ1) is 12.7. The predicted octanol–water partition coefficient (Wildman–Crippen LogP) is 2.39. The van der Waals surface area contributed by atoms with Gasteiger partial charge < -0.3 is 5.73 Å². The van der Waals surface area contributed by atoms with Crippen molar-refractivity contribution >= 4 is 0 Å². The van der Waals surface area contributed by atoms with Crippen LogP contribution in [0.2, 0.25) is 0 Å². The van der Waals surface area contributed by atoms with Gasteiger partial charge in [0.15, 0.2) is 0 Å². The van der Waals surface area contributed by atoms with Crippen molar-refractivity contribution in [1.82, 2.24) is 9.78 Å². The quantitative estimate of drug-likeness (QED) is 0.906. The average molecular weight is 251 g/mol. The molecule has 0 saturated heterocycles. The Kier molecular flexibility index (Phi) is 3.72. The first-order chi connectivity index (χ1) is 8.63. The smallest absolute Gasteiger partial charge is 0.248 e. The summed E-state index contributed by atoms with van der Waals surface area (Å²) >= 11 is 0. The first-order valence-corrected chi connectivity index (χ1v) is 5.71. The molecule has 0 fully saturated rings. The number of aromatic nitrogens is 2. The summed E-state index contributed by atoms with van der Waals surface area (Å²) in [5, 5.41) is 4.26. The van der Waals surface area contributed by atoms with E-state index in [1.54, 1.807) is 13.1 Å². The SMILES string of the molecule is Cn1nc(-c2ccccc2)cc1C(CN)C(F)F. The maximum atomic E-state index is 12.9. The van der Waals surface area contributed by atoms with Crippen LogP contribution in [0.15, 0.2) is 36.4 Å². The van der Waals surface area contributed by atoms with Crippen molar-refractivity contribution in [2.24, 2.45) is 12.8 Å². The van der Waals surface area contributed by atoms with Gasteiger partial charge in [-0.15, -0.1) is 0 Å². The van der Waals surface area contributed by atoms with Crippen LogP contribution in [0, 0.1) is 0 Å². The van der Waals surface area contributed by atoms with E-state index in [-0.39, 0.29) is 6.54 Å². The van der Waals surface area contributed by atoms with E-state index in [1.807, 2.05) is 30.3 Å². The van der Waals surface area contributed by atoms with E-state index in [0.29, 0.717) is 11.4 Å². The van der Waals surface area contributed by atoms with Gasteiger partial charge in [0.2, 0.25) is 6.43 Å². The number of hydrogen-bond donors (Lipinski definition) is 1. The summed E-state index contributed by atoms with van der Waals surface area (Å²) in [6.45, 7) is -0.0918. The Labute approximate surface area is 104 Å². The van der Waals surface area contributed by atoms with Crippen LogP contribution in [-0.4, -0.2) is 22.8 Å². The summed E-state index contributed by atoms with van der Waals surface area (Å²) in [5.41, 5.74) is 7.46. The summed E-state index contributed by atoms with van der Waals surface area (Å²) in [6.07, 6.45) is -2.48. The molecule has 18 heavy (non-hydrogen) atoms. The molecule has 0 spiro atoms. The molecule has 1 heterocycles. The minimum absolute atomic E-state index is 0.0918. The number of hydrogen-bond acceptors (Lipinski definition) is 2. The Bertz CT molecular complexity index is 508. The number of benzene rings is 1. The second kappa shape index (κ2) is 5.27. The van der Waals surface area contributed by atoms with Crippen LogP contribution in [-0.2, 0) is 7.05 Å². The molecule has 2 rings (SSSR count). The highest BCUT2D eigenvalue weighted by atomic mass is 19.3. The molecule has 0 amide bonds. The number of halogens is 2. The first-order valence-electron chi connectivity index (χ1n) is 5.71. The number of nitrogens with zero attached hydrogens (tertiary/aromatic N) is 2. The lowest BCUT2D eigenvalue weighted by Crippen LogP contribution is -2.22. The number of rotatable bonds is 4. The van der Waals surface area contributed by atoms with Gasteiger partial charge in [-0.1, -0.05) is 30.3 Å². The van der Waals surface area contributed by atoms with Crippen molar-refractivity contribution in [3.05, 3.63) is 42.1 Å². The Morgan fingerprint density at radius 2 is 1.94 bits per heavy atom. The van der Waals surface area contributed by atoms with Crippen molar-refractivity contribution in [2.45, 2.75) is 12.3 Å². The molecule has 1 atom stereocenters. The monoisotopic (exact) mass is 251 g/mol. The van der Waals surface area contributed by atoms with Gasteiger partial charge in [0.1, 0.15) is 0 Å². The molecule has 0 aliphatic heterocycles. The largest absolute Gasteiger partial charge is 0.330 e. The molecule has 3 nitrogen and oxygen atoms in total. The van der Waals surface area contributed by atoms with Crippen LogP contribution in [0.3, 0.4) is 0 Å². The van der Waals surface area contributed by atoms with Gasteiger partial charge in [0.25, 0.3) is 0 Å². The third kappa shape index (κ3) is 2.41. The molecule has 5 heteroatoms. The van der Waals surface area contributed by atoms with Crippen LogP contribution in [0.25, 0.3) is 11.3 Å². The van der Waals surface area contributed by atoms with E-state index < -0.39 is 12.3 Å². The molecule has 0 aliphatic carbocycles. The molecule has 2 N–H and O–H groups in total. The Balaban J connectivity index is 2.38. The van der Waals surface area contributed by atoms with Gasteiger partial charge in [-0.3, -0.25) is 4.68 Å². The van der Waals surface area contributed by atoms with Gasteiger partial charge in [-0.05, 0) is 6.07 Å². The van der Waals surface area contributed by atoms with Gasteiger partial charge >= 0.3 is 0 Å². The second-order valence-electron chi connectivity index (χ2n) is 4.12. The highest BCUT2D eigenvalue weighted by Crippen LogP contribution is 2.26. The molecule has 0 radical (unpaired) electrons. The van der Waals surface area contributed by atoms with E-state index in [2.05, 4.69) is 5.10 Å². The van der Waals surface area contributed by atoms with Crippen LogP contribution in [0.1, 0.15) is 11.6 Å². The summed E-state index contributed by atoms with van der Waals surface area (Å²) in [4.78, 5) is 0. The fourth-order valence-corrected chi connectivity index (χ4v) is 1.93. The zero-order valence-electron chi connectivity index (χ0n) is 10.1. The molecule has 1 aromatic heterocycles. The minimum atomic E-state index is -2.48. The van der Waals surface area contributed by atoms with Gasteiger partial charge in [-0.25, -0.2) is 8.78 Å². The summed E-state index contributed by atoms with van der Waals surface area (Å²) < 4.78 is 27.2. The number of alkyl halides is 2. The summed E-state index contributed by atoms with van der Waals surface area (Å²) in [6, 6.07) is 11.1. The van der Waals surface area contributed by atoms with Crippen LogP contribution in [0.4, 0.5) is 8.78 Å². The van der Waals surface area contributed by atoms with Crippen LogP contribution >= 0.6 is 0 Å². The van der Waals surface area contributed by atoms with E-state index >= 15 is 0 Å². The third-order valence-corrected chi connectivity index (χ3v) is 2.92. The predicted molar refractivity (Wildman–Crippen MR) is 66.4 cm³/mol. The average Bonchev–Trinajstić information content (AvgIpc) is 2.73. The van der Waals surface area contributed by atoms with Crippen molar-refractivity contribution in [2.75, 3.05) is 6.54 Å². The second-order valence-corrected chi connectivity index (χ2v) is 4.12. The fraction of sp³-hybridized carbons (Fsp3) is 0.308. The highest BCUT2D eigenvalue weighted by Gasteiger charge is 2.24. The van der Waals surface area contributed by atoms with Crippen molar-refractivity contribution < 1.29 is 8.78 Å². The van der Waals surface area contributed by atoms with Gasteiger partial charge in [0, 0.05) is 24.8 Å². The molecule has 1 unspecified atom stereocenters. The highest BCUT2D eigenvalue weighted by molar-refractivity contribution is 5.59. The topological polar surface area (TPSA) is 43.8 Å².